The average molecular weight is 825 g/mol. The number of methoxy groups -OCH3 is 1. The molecule has 0 saturated carbocycles. The van der Waals surface area contributed by atoms with E-state index < -0.39 is 0 Å². The van der Waals surface area contributed by atoms with Crippen LogP contribution < -0.4 is 9.47 Å². The summed E-state index contributed by atoms with van der Waals surface area (Å²) in [5.41, 5.74) is 8.66. The van der Waals surface area contributed by atoms with Crippen molar-refractivity contribution in [1.29, 1.82) is 0 Å². The zero-order chi connectivity index (χ0) is 42.7. The van der Waals surface area contributed by atoms with Gasteiger partial charge in [-0.3, -0.25) is 0 Å². The van der Waals surface area contributed by atoms with Gasteiger partial charge in [-0.1, -0.05) is 113 Å². The number of aliphatic hydroxyl groups excluding tert-OH is 1. The van der Waals surface area contributed by atoms with Crippen LogP contribution >= 0.6 is 0 Å². The number of azo groups is 2. The molecule has 5 rings (SSSR count). The van der Waals surface area contributed by atoms with Crippen molar-refractivity contribution in [1.82, 2.24) is 0 Å². The van der Waals surface area contributed by atoms with E-state index in [4.69, 9.17) is 23.7 Å². The first-order valence-corrected chi connectivity index (χ1v) is 21.3. The Labute approximate surface area is 361 Å². The Morgan fingerprint density at radius 3 is 1.59 bits per heavy atom. The molecule has 0 fully saturated rings. The Hall–Kier alpha value is -5.78. The summed E-state index contributed by atoms with van der Waals surface area (Å²) in [4.78, 5) is 0. The van der Waals surface area contributed by atoms with E-state index in [9.17, 15) is 5.11 Å². The van der Waals surface area contributed by atoms with E-state index in [0.29, 0.717) is 5.75 Å². The third-order valence-electron chi connectivity index (χ3n) is 9.73. The summed E-state index contributed by atoms with van der Waals surface area (Å²) in [7, 11) is 1.55. The minimum atomic E-state index is -0.157. The molecular weight excluding hydrogens is 765 g/mol. The Bertz CT molecular complexity index is 2110. The largest absolute Gasteiger partial charge is 0.494 e. The van der Waals surface area contributed by atoms with Crippen molar-refractivity contribution in [3.05, 3.63) is 143 Å². The summed E-state index contributed by atoms with van der Waals surface area (Å²) in [6.45, 7) is 5.10. The van der Waals surface area contributed by atoms with E-state index in [1.165, 1.54) is 50.5 Å². The van der Waals surface area contributed by atoms with E-state index in [-0.39, 0.29) is 27.0 Å². The Morgan fingerprint density at radius 2 is 1.03 bits per heavy atom. The van der Waals surface area contributed by atoms with Crippen LogP contribution in [0.3, 0.4) is 0 Å². The van der Waals surface area contributed by atoms with Crippen molar-refractivity contribution in [2.45, 2.75) is 78.2 Å². The van der Waals surface area contributed by atoms with E-state index in [0.717, 1.165) is 75.8 Å². The summed E-state index contributed by atoms with van der Waals surface area (Å²) in [6, 6.07) is 35.4. The minimum Gasteiger partial charge on any atom is -0.494 e. The molecule has 5 aromatic rings. The number of rotatable bonds is 27. The molecule has 0 radical (unpaired) electrons. The molecule has 0 unspecified atom stereocenters. The predicted octanol–water partition coefficient (Wildman–Crippen LogP) is 14.4. The molecule has 10 heteroatoms. The van der Waals surface area contributed by atoms with Crippen molar-refractivity contribution in [3.8, 4) is 11.5 Å². The number of aliphatic hydroxyl groups is 1. The first kappa shape index (κ1) is 46.3. The number of unbranched alkanes of at least 4 members (excludes halogenated alkanes) is 6. The maximum absolute atomic E-state index is 10.4. The van der Waals surface area contributed by atoms with E-state index in [1.54, 1.807) is 7.11 Å². The summed E-state index contributed by atoms with van der Waals surface area (Å²) in [5, 5.41) is 28.1. The van der Waals surface area contributed by atoms with Crippen molar-refractivity contribution in [2.24, 2.45) is 20.5 Å². The lowest BCUT2D eigenvalue weighted by Crippen LogP contribution is -2.09. The zero-order valence-corrected chi connectivity index (χ0v) is 35.9. The van der Waals surface area contributed by atoms with Crippen LogP contribution in [0.1, 0.15) is 98.6 Å². The fourth-order valence-corrected chi connectivity index (χ4v) is 6.24. The second kappa shape index (κ2) is 27.1. The van der Waals surface area contributed by atoms with Crippen molar-refractivity contribution < 1.29 is 28.8 Å². The summed E-state index contributed by atoms with van der Waals surface area (Å²) >= 11 is 0. The van der Waals surface area contributed by atoms with E-state index in [1.807, 2.05) is 121 Å². The standard InChI is InChI=1S/C51H60N4O6/c1-4-6-8-10-12-40-15-23-46(24-16-40)52-53-47-25-17-41(18-26-47)13-21-43-35-51(61-39-59-38-58-37-57-3)44(34-45(43)36-56)22-14-42-19-27-48(28-20-42)54-55-49-29-31-50(32-30-49)60-33-11-9-7-5-2/h13-32,34-35,56H,4-12,33,36-39H2,1-3H3/b21-13+,22-14+,53-52+,55-54+. The smallest absolute Gasteiger partial charge is 0.191 e. The van der Waals surface area contributed by atoms with Crippen molar-refractivity contribution in [2.75, 3.05) is 34.1 Å². The molecule has 0 aromatic heterocycles. The SMILES string of the molecule is CCCCCCOc1ccc(/N=N/c2ccc(/C=C/c3cc(CO)c(/C=C/c4ccc(/N=N/c5ccc(CCCCCC)cc5)cc4)cc3OCOCOCOC)cc2)cc1. The molecule has 1 N–H and O–H groups in total. The lowest BCUT2D eigenvalue weighted by molar-refractivity contribution is -0.145. The van der Waals surface area contributed by atoms with Gasteiger partial charge in [-0.25, -0.2) is 0 Å². The first-order valence-electron chi connectivity index (χ1n) is 21.3. The molecule has 0 saturated heterocycles. The van der Waals surface area contributed by atoms with Gasteiger partial charge in [-0.15, -0.1) is 0 Å². The van der Waals surface area contributed by atoms with Crippen LogP contribution in [-0.2, 0) is 27.2 Å². The maximum Gasteiger partial charge on any atom is 0.191 e. The predicted molar refractivity (Wildman–Crippen MR) is 246 cm³/mol. The monoisotopic (exact) mass is 824 g/mol. The average Bonchev–Trinajstić information content (AvgIpc) is 3.30. The summed E-state index contributed by atoms with van der Waals surface area (Å²) < 4.78 is 27.6. The van der Waals surface area contributed by atoms with Gasteiger partial charge in [0.15, 0.2) is 13.6 Å². The Kier molecular flexibility index (Phi) is 20.6. The molecule has 0 aliphatic carbocycles. The molecule has 0 bridgehead atoms. The van der Waals surface area contributed by atoms with Crippen LogP contribution in [0.5, 0.6) is 11.5 Å². The van der Waals surface area contributed by atoms with Crippen LogP contribution in [0.25, 0.3) is 24.3 Å². The highest BCUT2D eigenvalue weighted by Crippen LogP contribution is 2.29. The second-order valence-electron chi connectivity index (χ2n) is 14.6. The number of nitrogens with zero attached hydrogens (tertiary/aromatic N) is 4. The van der Waals surface area contributed by atoms with Crippen molar-refractivity contribution in [3.63, 3.8) is 0 Å². The van der Waals surface area contributed by atoms with Gasteiger partial charge >= 0.3 is 0 Å². The second-order valence-corrected chi connectivity index (χ2v) is 14.6. The van der Waals surface area contributed by atoms with Crippen LogP contribution in [0.4, 0.5) is 22.7 Å². The molecule has 0 aliphatic rings. The summed E-state index contributed by atoms with van der Waals surface area (Å²) in [5.74, 6) is 1.42. The molecule has 0 heterocycles. The topological polar surface area (TPSA) is 116 Å². The van der Waals surface area contributed by atoms with Gasteiger partial charge in [-0.05, 0) is 120 Å². The van der Waals surface area contributed by atoms with Gasteiger partial charge in [0.1, 0.15) is 18.3 Å². The molecule has 0 spiro atoms. The normalized spacial score (nSPS) is 11.8. The molecule has 5 aromatic carbocycles. The highest BCUT2D eigenvalue weighted by atomic mass is 16.8. The molecular formula is C51H60N4O6. The van der Waals surface area contributed by atoms with Crippen LogP contribution in [-0.4, -0.2) is 39.2 Å². The zero-order valence-electron chi connectivity index (χ0n) is 35.9. The van der Waals surface area contributed by atoms with Crippen LogP contribution in [0, 0.1) is 0 Å². The Balaban J connectivity index is 1.22. The van der Waals surface area contributed by atoms with E-state index >= 15 is 0 Å². The third-order valence-corrected chi connectivity index (χ3v) is 9.73. The number of hydrogen-bond donors (Lipinski definition) is 1. The Morgan fingerprint density at radius 1 is 0.508 bits per heavy atom. The van der Waals surface area contributed by atoms with Gasteiger partial charge in [-0.2, -0.15) is 20.5 Å². The molecule has 10 nitrogen and oxygen atoms in total. The fraction of sp³-hybridized carbons (Fsp3) is 0.333. The van der Waals surface area contributed by atoms with Gasteiger partial charge in [0, 0.05) is 12.7 Å². The molecule has 0 atom stereocenters. The minimum absolute atomic E-state index is 0.0180. The first-order chi connectivity index (χ1) is 30.1. The number of hydrogen-bond acceptors (Lipinski definition) is 10. The highest BCUT2D eigenvalue weighted by molar-refractivity contribution is 5.78. The third kappa shape index (κ3) is 17.0. The van der Waals surface area contributed by atoms with Crippen LogP contribution in [0.15, 0.2) is 130 Å². The molecule has 0 amide bonds. The quantitative estimate of drug-likeness (QED) is 0.0244. The lowest BCUT2D eigenvalue weighted by atomic mass is 10.0. The molecule has 61 heavy (non-hydrogen) atoms. The fourth-order valence-electron chi connectivity index (χ4n) is 6.24. The molecule has 0 aliphatic heterocycles. The van der Waals surface area contributed by atoms with Gasteiger partial charge in [0.2, 0.25) is 0 Å². The summed E-state index contributed by atoms with van der Waals surface area (Å²) in [6.07, 6.45) is 18.7. The van der Waals surface area contributed by atoms with Gasteiger partial charge in [0.25, 0.3) is 0 Å². The number of ether oxygens (including phenoxy) is 5. The van der Waals surface area contributed by atoms with Crippen molar-refractivity contribution >= 4 is 47.1 Å². The molecule has 320 valence electrons. The maximum atomic E-state index is 10.4. The van der Waals surface area contributed by atoms with Gasteiger partial charge < -0.3 is 28.8 Å². The lowest BCUT2D eigenvalue weighted by Gasteiger charge is -2.14. The number of aryl methyl sites for hydroxylation is 1. The highest BCUT2D eigenvalue weighted by Gasteiger charge is 2.09. The number of benzene rings is 5. The van der Waals surface area contributed by atoms with Crippen LogP contribution in [0.2, 0.25) is 0 Å². The van der Waals surface area contributed by atoms with Gasteiger partial charge in [0.05, 0.1) is 36.0 Å². The van der Waals surface area contributed by atoms with E-state index in [2.05, 4.69) is 46.4 Å².